The molecule has 4 aromatic rings. The molecule has 0 amide bonds. The van der Waals surface area contributed by atoms with Gasteiger partial charge in [0, 0.05) is 42.0 Å². The lowest BCUT2D eigenvalue weighted by atomic mass is 9.84. The zero-order valence-corrected chi connectivity index (χ0v) is 22.7. The number of nitrogen functional groups attached to an aromatic ring is 1. The maximum absolute atomic E-state index is 15.1. The maximum Gasteiger partial charge on any atom is 0.265 e. The van der Waals surface area contributed by atoms with Crippen LogP contribution in [-0.2, 0) is 5.54 Å². The molecular weight excluding hydrogens is 544 g/mol. The second kappa shape index (κ2) is 10.4. The Morgan fingerprint density at radius 3 is 2.56 bits per heavy atom. The first-order valence-corrected chi connectivity index (χ1v) is 12.9. The highest BCUT2D eigenvalue weighted by molar-refractivity contribution is 5.81. The van der Waals surface area contributed by atoms with Gasteiger partial charge in [-0.2, -0.15) is 0 Å². The number of halogens is 4. The van der Waals surface area contributed by atoms with E-state index in [-0.39, 0.29) is 35.7 Å². The Morgan fingerprint density at radius 1 is 1.10 bits per heavy atom. The summed E-state index contributed by atoms with van der Waals surface area (Å²) in [6, 6.07) is 3.62. The first kappa shape index (κ1) is 28.5. The quantitative estimate of drug-likeness (QED) is 0.283. The number of nitrogens with zero attached hydrogens (tertiary/aromatic N) is 6. The van der Waals surface area contributed by atoms with Crippen molar-refractivity contribution in [3.05, 3.63) is 54.2 Å². The van der Waals surface area contributed by atoms with E-state index in [9.17, 15) is 18.3 Å². The number of methoxy groups -OCH3 is 1. The second-order valence-electron chi connectivity index (χ2n) is 10.7. The number of nitrogens with two attached hydrogens (primary N) is 2. The molecule has 1 aromatic carbocycles. The van der Waals surface area contributed by atoms with E-state index < -0.39 is 35.2 Å². The lowest BCUT2D eigenvalue weighted by molar-refractivity contribution is -0.0530. The topological polar surface area (TPSA) is 141 Å². The molecule has 4 heterocycles. The molecule has 10 nitrogen and oxygen atoms in total. The number of ether oxygens (including phenoxy) is 1. The van der Waals surface area contributed by atoms with Crippen LogP contribution in [-0.4, -0.2) is 67.9 Å². The molecular formula is C27H30F4N8O2. The predicted molar refractivity (Wildman–Crippen MR) is 145 cm³/mol. The minimum Gasteiger partial charge on any atom is -0.494 e. The standard InChI is InChI=1S/C27H30F4N8O2/c1-26(2,39-13-37-20-23(32)35-12-36-25(20)39)16-7-14(15-8-18(29)19(41-3)9-17(15)28)10-34-24(16)38-6-4-5-27(33,11-38)21(40)22(30)31/h7-10,12-13,21-22,40H,4-6,11,33H2,1-3H3,(H2,32,35,36)/t21-,27-/m1/s1. The Hall–Kier alpha value is -4.04. The molecule has 1 aliphatic rings. The Bertz CT molecular complexity index is 1600. The number of anilines is 2. The number of benzene rings is 1. The Kier molecular flexibility index (Phi) is 7.24. The molecule has 218 valence electrons. The number of imidazole rings is 1. The number of alkyl halides is 2. The van der Waals surface area contributed by atoms with Gasteiger partial charge in [0.15, 0.2) is 23.0 Å². The van der Waals surface area contributed by atoms with Crippen molar-refractivity contribution in [3.63, 3.8) is 0 Å². The lowest BCUT2D eigenvalue weighted by Crippen LogP contribution is -2.63. The van der Waals surface area contributed by atoms with E-state index in [1.165, 1.54) is 26.0 Å². The third-order valence-corrected chi connectivity index (χ3v) is 7.73. The summed E-state index contributed by atoms with van der Waals surface area (Å²) in [4.78, 5) is 19.0. The molecule has 5 N–H and O–H groups in total. The van der Waals surface area contributed by atoms with Crippen LogP contribution in [0.25, 0.3) is 22.3 Å². The van der Waals surface area contributed by atoms with Crippen molar-refractivity contribution in [2.75, 3.05) is 30.8 Å². The normalized spacial score (nSPS) is 18.7. The second-order valence-corrected chi connectivity index (χ2v) is 10.7. The number of hydrogen-bond donors (Lipinski definition) is 3. The van der Waals surface area contributed by atoms with Gasteiger partial charge in [0.1, 0.15) is 29.6 Å². The molecule has 0 spiro atoms. The fraction of sp³-hybridized carbons (Fsp3) is 0.407. The summed E-state index contributed by atoms with van der Waals surface area (Å²) in [5.74, 6) is -1.19. The highest BCUT2D eigenvalue weighted by Gasteiger charge is 2.44. The molecule has 1 fully saturated rings. The van der Waals surface area contributed by atoms with Crippen LogP contribution in [0.3, 0.4) is 0 Å². The Balaban J connectivity index is 1.69. The van der Waals surface area contributed by atoms with E-state index in [1.54, 1.807) is 15.5 Å². The molecule has 5 rings (SSSR count). The Labute approximate surface area is 233 Å². The van der Waals surface area contributed by atoms with Crippen LogP contribution < -0.4 is 21.1 Å². The van der Waals surface area contributed by atoms with Crippen LogP contribution in [0.1, 0.15) is 32.3 Å². The summed E-state index contributed by atoms with van der Waals surface area (Å²) in [5.41, 5.74) is 11.2. The molecule has 0 aliphatic carbocycles. The Morgan fingerprint density at radius 2 is 1.85 bits per heavy atom. The first-order chi connectivity index (χ1) is 19.4. The van der Waals surface area contributed by atoms with Crippen molar-refractivity contribution in [2.24, 2.45) is 5.73 Å². The zero-order valence-electron chi connectivity index (χ0n) is 22.7. The summed E-state index contributed by atoms with van der Waals surface area (Å²) in [6.45, 7) is 3.99. The van der Waals surface area contributed by atoms with E-state index in [1.807, 2.05) is 13.8 Å². The van der Waals surface area contributed by atoms with Crippen LogP contribution >= 0.6 is 0 Å². The van der Waals surface area contributed by atoms with Crippen LogP contribution in [0.5, 0.6) is 5.75 Å². The molecule has 1 saturated heterocycles. The van der Waals surface area contributed by atoms with Gasteiger partial charge < -0.3 is 30.8 Å². The third kappa shape index (κ3) is 4.90. The van der Waals surface area contributed by atoms with Gasteiger partial charge in [-0.05, 0) is 38.8 Å². The predicted octanol–water partition coefficient (Wildman–Crippen LogP) is 3.46. The van der Waals surface area contributed by atoms with E-state index in [4.69, 9.17) is 16.2 Å². The van der Waals surface area contributed by atoms with Gasteiger partial charge in [0.2, 0.25) is 0 Å². The SMILES string of the molecule is COc1cc(F)c(-c2cnc(N3CCC[C@](N)([C@H](O)C(F)F)C3)c(C(C)(C)n3cnc4c(N)ncnc43)c2)cc1F. The van der Waals surface area contributed by atoms with Gasteiger partial charge in [0.25, 0.3) is 6.43 Å². The number of hydrogen-bond acceptors (Lipinski definition) is 9. The average Bonchev–Trinajstić information content (AvgIpc) is 3.40. The monoisotopic (exact) mass is 574 g/mol. The van der Waals surface area contributed by atoms with E-state index in [2.05, 4.69) is 19.9 Å². The number of rotatable bonds is 7. The van der Waals surface area contributed by atoms with E-state index >= 15 is 4.39 Å². The average molecular weight is 575 g/mol. The van der Waals surface area contributed by atoms with Crippen molar-refractivity contribution in [1.29, 1.82) is 0 Å². The molecule has 41 heavy (non-hydrogen) atoms. The van der Waals surface area contributed by atoms with Crippen molar-refractivity contribution in [1.82, 2.24) is 24.5 Å². The largest absolute Gasteiger partial charge is 0.494 e. The fourth-order valence-corrected chi connectivity index (χ4v) is 5.39. The van der Waals surface area contributed by atoms with Crippen molar-refractivity contribution < 1.29 is 27.4 Å². The highest BCUT2D eigenvalue weighted by Crippen LogP contribution is 2.40. The molecule has 2 atom stereocenters. The number of piperidine rings is 1. The summed E-state index contributed by atoms with van der Waals surface area (Å²) < 4.78 is 63.4. The first-order valence-electron chi connectivity index (χ1n) is 12.9. The lowest BCUT2D eigenvalue weighted by Gasteiger charge is -2.44. The number of fused-ring (bicyclic) bond motifs is 1. The molecule has 1 aliphatic heterocycles. The summed E-state index contributed by atoms with van der Waals surface area (Å²) in [7, 11) is 1.24. The van der Waals surface area contributed by atoms with Gasteiger partial charge in [-0.3, -0.25) is 0 Å². The van der Waals surface area contributed by atoms with E-state index in [0.29, 0.717) is 35.5 Å². The third-order valence-electron chi connectivity index (χ3n) is 7.73. The number of aliphatic hydroxyl groups is 1. The molecule has 0 bridgehead atoms. The molecule has 0 unspecified atom stereocenters. The van der Waals surface area contributed by atoms with Gasteiger partial charge >= 0.3 is 0 Å². The van der Waals surface area contributed by atoms with Crippen LogP contribution in [0.2, 0.25) is 0 Å². The van der Waals surface area contributed by atoms with Crippen molar-refractivity contribution >= 4 is 22.8 Å². The summed E-state index contributed by atoms with van der Waals surface area (Å²) >= 11 is 0. The van der Waals surface area contributed by atoms with Gasteiger partial charge in [-0.1, -0.05) is 0 Å². The smallest absolute Gasteiger partial charge is 0.265 e. The zero-order chi connectivity index (χ0) is 29.7. The number of aliphatic hydroxyl groups excluding tert-OH is 1. The fourth-order valence-electron chi connectivity index (χ4n) is 5.39. The summed E-state index contributed by atoms with van der Waals surface area (Å²) in [5, 5.41) is 10.2. The van der Waals surface area contributed by atoms with Gasteiger partial charge in [-0.15, -0.1) is 0 Å². The van der Waals surface area contributed by atoms with Gasteiger partial charge in [-0.25, -0.2) is 37.5 Å². The molecule has 0 radical (unpaired) electrons. The summed E-state index contributed by atoms with van der Waals surface area (Å²) in [6.07, 6.45) is -0.262. The number of pyridine rings is 1. The van der Waals surface area contributed by atoms with E-state index in [0.717, 1.165) is 12.1 Å². The van der Waals surface area contributed by atoms with Crippen molar-refractivity contribution in [3.8, 4) is 16.9 Å². The van der Waals surface area contributed by atoms with Crippen LogP contribution in [0, 0.1) is 11.6 Å². The molecule has 3 aromatic heterocycles. The van der Waals surface area contributed by atoms with Crippen LogP contribution in [0.15, 0.2) is 37.1 Å². The van der Waals surface area contributed by atoms with Crippen molar-refractivity contribution in [2.45, 2.75) is 50.3 Å². The molecule has 14 heteroatoms. The van der Waals surface area contributed by atoms with Crippen LogP contribution in [0.4, 0.5) is 29.2 Å². The minimum absolute atomic E-state index is 0.0543. The number of aromatic nitrogens is 5. The maximum atomic E-state index is 15.1. The highest BCUT2D eigenvalue weighted by atomic mass is 19.3. The minimum atomic E-state index is -3.03. The molecule has 0 saturated carbocycles. The van der Waals surface area contributed by atoms with Gasteiger partial charge in [0.05, 0.1) is 24.5 Å².